The highest BCUT2D eigenvalue weighted by Crippen LogP contribution is 2.12. The molecule has 0 amide bonds. The summed E-state index contributed by atoms with van der Waals surface area (Å²) in [4.78, 5) is 4.82. The number of nitrogens with one attached hydrogen (secondary N) is 3. The van der Waals surface area contributed by atoms with Crippen molar-refractivity contribution < 1.29 is 13.2 Å². The molecule has 28 heavy (non-hydrogen) atoms. The summed E-state index contributed by atoms with van der Waals surface area (Å²) in [5, 5.41) is 6.60. The van der Waals surface area contributed by atoms with Gasteiger partial charge in [-0.2, -0.15) is 0 Å². The first kappa shape index (κ1) is 27.1. The molecule has 0 aliphatic rings. The number of rotatable bonds is 12. The van der Waals surface area contributed by atoms with Crippen molar-refractivity contribution in [2.75, 3.05) is 33.4 Å². The Balaban J connectivity index is 0.00000729. The second-order valence-electron chi connectivity index (χ2n) is 6.30. The third kappa shape index (κ3) is 10.0. The monoisotopic (exact) mass is 526 g/mol. The van der Waals surface area contributed by atoms with Crippen LogP contribution in [0.4, 0.5) is 0 Å². The molecule has 0 unspecified atom stereocenters. The molecule has 0 aromatic heterocycles. The number of ether oxygens (including phenoxy) is 1. The number of guanidine groups is 1. The Hall–Kier alpha value is -0.910. The normalized spacial score (nSPS) is 12.0. The lowest BCUT2D eigenvalue weighted by Gasteiger charge is -2.16. The van der Waals surface area contributed by atoms with Crippen LogP contribution in [0.2, 0.25) is 0 Å². The maximum atomic E-state index is 12.3. The van der Waals surface area contributed by atoms with E-state index in [4.69, 9.17) is 4.74 Å². The number of halogens is 1. The summed E-state index contributed by atoms with van der Waals surface area (Å²) in [5.74, 6) is 1.36. The maximum Gasteiger partial charge on any atom is 0.240 e. The molecule has 0 aliphatic carbocycles. The topological polar surface area (TPSA) is 91.8 Å². The fraction of sp³-hybridized carbons (Fsp3) is 0.632. The molecule has 9 heteroatoms. The lowest BCUT2D eigenvalue weighted by molar-refractivity contribution is 0.204. The van der Waals surface area contributed by atoms with Crippen LogP contribution in [0.25, 0.3) is 0 Å². The zero-order valence-electron chi connectivity index (χ0n) is 17.3. The zero-order chi connectivity index (χ0) is 20.1. The van der Waals surface area contributed by atoms with E-state index in [1.54, 1.807) is 18.2 Å². The highest BCUT2D eigenvalue weighted by molar-refractivity contribution is 14.0. The van der Waals surface area contributed by atoms with E-state index >= 15 is 0 Å². The van der Waals surface area contributed by atoms with E-state index in [9.17, 15) is 8.42 Å². The van der Waals surface area contributed by atoms with Gasteiger partial charge in [-0.05, 0) is 30.5 Å². The fourth-order valence-electron chi connectivity index (χ4n) is 2.50. The van der Waals surface area contributed by atoms with E-state index in [-0.39, 0.29) is 35.4 Å². The maximum absolute atomic E-state index is 12.3. The van der Waals surface area contributed by atoms with Gasteiger partial charge in [-0.25, -0.2) is 18.1 Å². The van der Waals surface area contributed by atoms with E-state index in [1.807, 2.05) is 13.0 Å². The highest BCUT2D eigenvalue weighted by Gasteiger charge is 2.13. The van der Waals surface area contributed by atoms with Crippen molar-refractivity contribution in [3.8, 4) is 0 Å². The smallest absolute Gasteiger partial charge is 0.240 e. The average Bonchev–Trinajstić information content (AvgIpc) is 2.67. The second kappa shape index (κ2) is 15.0. The van der Waals surface area contributed by atoms with Gasteiger partial charge in [0.05, 0.1) is 18.0 Å². The van der Waals surface area contributed by atoms with Crippen molar-refractivity contribution in [2.45, 2.75) is 45.1 Å². The van der Waals surface area contributed by atoms with Crippen molar-refractivity contribution in [1.29, 1.82) is 0 Å². The molecule has 0 radical (unpaired) electrons. The Morgan fingerprint density at radius 2 is 1.89 bits per heavy atom. The summed E-state index contributed by atoms with van der Waals surface area (Å²) < 4.78 is 32.0. The summed E-state index contributed by atoms with van der Waals surface area (Å²) in [7, 11) is -2.01. The van der Waals surface area contributed by atoms with Gasteiger partial charge in [0.25, 0.3) is 0 Å². The number of hydrogen-bond donors (Lipinski definition) is 3. The molecule has 0 aliphatic heterocycles. The predicted molar refractivity (Wildman–Crippen MR) is 126 cm³/mol. The Kier molecular flexibility index (Phi) is 14.5. The molecule has 0 atom stereocenters. The largest absolute Gasteiger partial charge is 0.383 e. The summed E-state index contributed by atoms with van der Waals surface area (Å²) in [6, 6.07) is 6.85. The van der Waals surface area contributed by atoms with Gasteiger partial charge in [0, 0.05) is 26.7 Å². The van der Waals surface area contributed by atoms with Crippen LogP contribution >= 0.6 is 24.0 Å². The zero-order valence-corrected chi connectivity index (χ0v) is 20.5. The van der Waals surface area contributed by atoms with Gasteiger partial charge in [0.2, 0.25) is 10.0 Å². The van der Waals surface area contributed by atoms with Crippen molar-refractivity contribution >= 4 is 40.0 Å². The third-order valence-corrected chi connectivity index (χ3v) is 5.74. The third-order valence-electron chi connectivity index (χ3n) is 4.28. The van der Waals surface area contributed by atoms with Crippen molar-refractivity contribution in [1.82, 2.24) is 15.4 Å². The van der Waals surface area contributed by atoms with Crippen LogP contribution in [-0.2, 0) is 21.3 Å². The molecular weight excluding hydrogens is 491 g/mol. The molecule has 0 heterocycles. The molecular formula is C19H35IN4O3S. The lowest BCUT2D eigenvalue weighted by atomic mass is 10.0. The standard InChI is InChI=1S/C19H34N4O3S.HI/c1-5-16(6-2)14-21-19(20-7-3)22-15-17-9-8-10-18(13-17)27(24,25)23-11-12-26-4;/h8-10,13,16,23H,5-7,11-12,14-15H2,1-4H3,(H2,20,21,22);1H. The first-order chi connectivity index (χ1) is 13.0. The van der Waals surface area contributed by atoms with Crippen LogP contribution < -0.4 is 15.4 Å². The Morgan fingerprint density at radius 3 is 2.50 bits per heavy atom. The number of aliphatic imine (C=N–C) groups is 1. The minimum absolute atomic E-state index is 0. The van der Waals surface area contributed by atoms with Gasteiger partial charge >= 0.3 is 0 Å². The SMILES string of the molecule is CCNC(=NCc1cccc(S(=O)(=O)NCCOC)c1)NCC(CC)CC.I. The minimum atomic E-state index is -3.54. The first-order valence-electron chi connectivity index (χ1n) is 9.56. The molecule has 1 aromatic rings. The lowest BCUT2D eigenvalue weighted by Crippen LogP contribution is -2.39. The summed E-state index contributed by atoms with van der Waals surface area (Å²) >= 11 is 0. The minimum Gasteiger partial charge on any atom is -0.383 e. The van der Waals surface area contributed by atoms with Crippen molar-refractivity contribution in [2.24, 2.45) is 10.9 Å². The van der Waals surface area contributed by atoms with Gasteiger partial charge < -0.3 is 15.4 Å². The molecule has 7 nitrogen and oxygen atoms in total. The van der Waals surface area contributed by atoms with Gasteiger partial charge in [0.15, 0.2) is 5.96 Å². The summed E-state index contributed by atoms with van der Waals surface area (Å²) in [6.07, 6.45) is 2.25. The van der Waals surface area contributed by atoms with E-state index < -0.39 is 10.0 Å². The Bertz CT molecular complexity index is 680. The Morgan fingerprint density at radius 1 is 1.18 bits per heavy atom. The van der Waals surface area contributed by atoms with Crippen LogP contribution in [0.5, 0.6) is 0 Å². The van der Waals surface area contributed by atoms with E-state index in [0.29, 0.717) is 19.1 Å². The fourth-order valence-corrected chi connectivity index (χ4v) is 3.59. The van der Waals surface area contributed by atoms with Crippen molar-refractivity contribution in [3.05, 3.63) is 29.8 Å². The molecule has 1 rings (SSSR count). The number of nitrogens with zero attached hydrogens (tertiary/aromatic N) is 1. The first-order valence-corrected chi connectivity index (χ1v) is 11.0. The van der Waals surface area contributed by atoms with Crippen molar-refractivity contribution in [3.63, 3.8) is 0 Å². The quantitative estimate of drug-likeness (QED) is 0.169. The predicted octanol–water partition coefficient (Wildman–Crippen LogP) is 2.72. The van der Waals surface area contributed by atoms with Crippen LogP contribution in [-0.4, -0.2) is 47.7 Å². The summed E-state index contributed by atoms with van der Waals surface area (Å²) in [5.41, 5.74) is 0.837. The van der Waals surface area contributed by atoms with Crippen LogP contribution in [0, 0.1) is 5.92 Å². The number of sulfonamides is 1. The number of benzene rings is 1. The van der Waals surface area contributed by atoms with E-state index in [2.05, 4.69) is 34.2 Å². The number of hydrogen-bond acceptors (Lipinski definition) is 4. The molecule has 3 N–H and O–H groups in total. The molecule has 1 aromatic carbocycles. The Labute approximate surface area is 187 Å². The molecule has 0 bridgehead atoms. The molecule has 162 valence electrons. The van der Waals surface area contributed by atoms with E-state index in [1.165, 1.54) is 7.11 Å². The molecule has 0 saturated carbocycles. The van der Waals surface area contributed by atoms with Gasteiger partial charge in [-0.15, -0.1) is 24.0 Å². The number of methoxy groups -OCH3 is 1. The summed E-state index contributed by atoms with van der Waals surface area (Å²) in [6.45, 7) is 9.01. The van der Waals surface area contributed by atoms with Crippen LogP contribution in [0.1, 0.15) is 39.2 Å². The van der Waals surface area contributed by atoms with Gasteiger partial charge in [-0.3, -0.25) is 0 Å². The molecule has 0 saturated heterocycles. The molecule has 0 fully saturated rings. The highest BCUT2D eigenvalue weighted by atomic mass is 127. The van der Waals surface area contributed by atoms with Gasteiger partial charge in [-0.1, -0.05) is 38.8 Å². The van der Waals surface area contributed by atoms with E-state index in [0.717, 1.165) is 37.5 Å². The van der Waals surface area contributed by atoms with Crippen LogP contribution in [0.15, 0.2) is 34.2 Å². The molecule has 0 spiro atoms. The second-order valence-corrected chi connectivity index (χ2v) is 8.06. The van der Waals surface area contributed by atoms with Crippen LogP contribution in [0.3, 0.4) is 0 Å². The average molecular weight is 526 g/mol. The van der Waals surface area contributed by atoms with Gasteiger partial charge in [0.1, 0.15) is 0 Å².